The summed E-state index contributed by atoms with van der Waals surface area (Å²) in [5.41, 5.74) is 6.66. The van der Waals surface area contributed by atoms with Gasteiger partial charge in [-0.25, -0.2) is 0 Å². The van der Waals surface area contributed by atoms with Gasteiger partial charge in [0.2, 0.25) is 0 Å². The molecule has 0 bridgehead atoms. The standard InChI is InChI=1S/C11H13NO2/c1-3-11(12)9-4-6-10(7-5-9)14-8(2)13/h3-7,11H,1,12H2,2H3/t11-/m1/s1. The molecule has 0 aliphatic carbocycles. The first-order valence-corrected chi connectivity index (χ1v) is 4.30. The summed E-state index contributed by atoms with van der Waals surface area (Å²) in [7, 11) is 0. The van der Waals surface area contributed by atoms with Crippen molar-refractivity contribution in [2.24, 2.45) is 5.73 Å². The van der Waals surface area contributed by atoms with E-state index < -0.39 is 0 Å². The molecule has 2 N–H and O–H groups in total. The molecule has 0 saturated heterocycles. The molecule has 0 unspecified atom stereocenters. The Balaban J connectivity index is 2.78. The maximum Gasteiger partial charge on any atom is 0.308 e. The highest BCUT2D eigenvalue weighted by Gasteiger charge is 2.02. The van der Waals surface area contributed by atoms with Gasteiger partial charge in [-0.15, -0.1) is 6.58 Å². The summed E-state index contributed by atoms with van der Waals surface area (Å²) >= 11 is 0. The Bertz CT molecular complexity index is 330. The number of hydrogen-bond acceptors (Lipinski definition) is 3. The molecular formula is C11H13NO2. The minimum absolute atomic E-state index is 0.179. The molecule has 74 valence electrons. The number of benzene rings is 1. The first-order chi connectivity index (χ1) is 6.63. The summed E-state index contributed by atoms with van der Waals surface area (Å²) in [5, 5.41) is 0. The summed E-state index contributed by atoms with van der Waals surface area (Å²) in [6, 6.07) is 6.86. The van der Waals surface area contributed by atoms with Gasteiger partial charge < -0.3 is 10.5 Å². The Hall–Kier alpha value is -1.61. The number of hydrogen-bond donors (Lipinski definition) is 1. The molecular weight excluding hydrogens is 178 g/mol. The van der Waals surface area contributed by atoms with Gasteiger partial charge in [0.1, 0.15) is 5.75 Å². The lowest BCUT2D eigenvalue weighted by Gasteiger charge is -2.07. The Morgan fingerprint density at radius 2 is 2.07 bits per heavy atom. The van der Waals surface area contributed by atoms with Gasteiger partial charge in [0.15, 0.2) is 0 Å². The van der Waals surface area contributed by atoms with E-state index >= 15 is 0 Å². The number of carbonyl (C=O) groups is 1. The monoisotopic (exact) mass is 191 g/mol. The summed E-state index contributed by atoms with van der Waals surface area (Å²) in [6.07, 6.45) is 1.65. The van der Waals surface area contributed by atoms with E-state index in [1.54, 1.807) is 18.2 Å². The molecule has 14 heavy (non-hydrogen) atoms. The van der Waals surface area contributed by atoms with Crippen molar-refractivity contribution in [1.82, 2.24) is 0 Å². The van der Waals surface area contributed by atoms with Gasteiger partial charge in [-0.1, -0.05) is 18.2 Å². The van der Waals surface area contributed by atoms with Gasteiger partial charge in [-0.3, -0.25) is 4.79 Å². The molecule has 1 atom stereocenters. The van der Waals surface area contributed by atoms with E-state index in [1.165, 1.54) is 6.92 Å². The third-order valence-corrected chi connectivity index (χ3v) is 1.78. The van der Waals surface area contributed by atoms with Crippen LogP contribution in [0.15, 0.2) is 36.9 Å². The summed E-state index contributed by atoms with van der Waals surface area (Å²) in [4.78, 5) is 10.6. The van der Waals surface area contributed by atoms with Crippen LogP contribution in [0.2, 0.25) is 0 Å². The van der Waals surface area contributed by atoms with Gasteiger partial charge in [-0.05, 0) is 17.7 Å². The second kappa shape index (κ2) is 4.58. The molecule has 0 aliphatic heterocycles. The normalized spacial score (nSPS) is 11.9. The van der Waals surface area contributed by atoms with Crippen LogP contribution < -0.4 is 10.5 Å². The SMILES string of the molecule is C=C[C@@H](N)c1ccc(OC(C)=O)cc1. The van der Waals surface area contributed by atoms with Crippen LogP contribution in [0.5, 0.6) is 5.75 Å². The fourth-order valence-corrected chi connectivity index (χ4v) is 1.06. The molecule has 0 fully saturated rings. The van der Waals surface area contributed by atoms with Crippen molar-refractivity contribution >= 4 is 5.97 Å². The van der Waals surface area contributed by atoms with Gasteiger partial charge in [-0.2, -0.15) is 0 Å². The Labute approximate surface area is 83.2 Å². The highest BCUT2D eigenvalue weighted by molar-refractivity contribution is 5.69. The first-order valence-electron chi connectivity index (χ1n) is 4.30. The van der Waals surface area contributed by atoms with Crippen LogP contribution in [0.3, 0.4) is 0 Å². The molecule has 0 aliphatic rings. The largest absolute Gasteiger partial charge is 0.427 e. The second-order valence-electron chi connectivity index (χ2n) is 2.92. The van der Waals surface area contributed by atoms with Crippen LogP contribution in [0.4, 0.5) is 0 Å². The van der Waals surface area contributed by atoms with E-state index in [-0.39, 0.29) is 12.0 Å². The average molecular weight is 191 g/mol. The number of ether oxygens (including phenoxy) is 1. The molecule has 3 nitrogen and oxygen atoms in total. The topological polar surface area (TPSA) is 52.3 Å². The van der Waals surface area contributed by atoms with Gasteiger partial charge in [0.05, 0.1) is 0 Å². The van der Waals surface area contributed by atoms with E-state index in [2.05, 4.69) is 6.58 Å². The zero-order valence-electron chi connectivity index (χ0n) is 8.07. The first kappa shape index (κ1) is 10.5. The van der Waals surface area contributed by atoms with Crippen molar-refractivity contribution in [3.05, 3.63) is 42.5 Å². The molecule has 3 heteroatoms. The quantitative estimate of drug-likeness (QED) is 0.450. The summed E-state index contributed by atoms with van der Waals surface area (Å²) in [5.74, 6) is 0.197. The molecule has 1 rings (SSSR count). The Morgan fingerprint density at radius 1 is 1.50 bits per heavy atom. The van der Waals surface area contributed by atoms with Crippen LogP contribution in [0.1, 0.15) is 18.5 Å². The molecule has 0 heterocycles. The molecule has 0 saturated carbocycles. The maximum absolute atomic E-state index is 10.6. The van der Waals surface area contributed by atoms with E-state index in [4.69, 9.17) is 10.5 Å². The molecule has 1 aromatic rings. The summed E-state index contributed by atoms with van der Waals surface area (Å²) < 4.78 is 4.88. The van der Waals surface area contributed by atoms with E-state index in [0.717, 1.165) is 5.56 Å². The van der Waals surface area contributed by atoms with Crippen LogP contribution in [0, 0.1) is 0 Å². The predicted molar refractivity (Wildman–Crippen MR) is 54.9 cm³/mol. The highest BCUT2D eigenvalue weighted by Crippen LogP contribution is 2.16. The van der Waals surface area contributed by atoms with E-state index in [9.17, 15) is 4.79 Å². The van der Waals surface area contributed by atoms with Crippen molar-refractivity contribution in [1.29, 1.82) is 0 Å². The third-order valence-electron chi connectivity index (χ3n) is 1.78. The fraction of sp³-hybridized carbons (Fsp3) is 0.182. The summed E-state index contributed by atoms with van der Waals surface area (Å²) in [6.45, 7) is 4.96. The average Bonchev–Trinajstić information content (AvgIpc) is 2.17. The van der Waals surface area contributed by atoms with Gasteiger partial charge in [0.25, 0.3) is 0 Å². The number of rotatable bonds is 3. The van der Waals surface area contributed by atoms with Crippen molar-refractivity contribution in [2.45, 2.75) is 13.0 Å². The van der Waals surface area contributed by atoms with Crippen molar-refractivity contribution in [3.63, 3.8) is 0 Å². The maximum atomic E-state index is 10.6. The minimum atomic E-state index is -0.328. The molecule has 1 aromatic carbocycles. The number of esters is 1. The molecule has 0 spiro atoms. The van der Waals surface area contributed by atoms with Gasteiger partial charge in [0, 0.05) is 13.0 Å². The zero-order valence-corrected chi connectivity index (χ0v) is 8.07. The Kier molecular flexibility index (Phi) is 3.42. The molecule has 0 radical (unpaired) electrons. The van der Waals surface area contributed by atoms with E-state index in [0.29, 0.717) is 5.75 Å². The smallest absolute Gasteiger partial charge is 0.308 e. The number of nitrogens with two attached hydrogens (primary N) is 1. The van der Waals surface area contributed by atoms with Gasteiger partial charge >= 0.3 is 5.97 Å². The Morgan fingerprint density at radius 3 is 2.50 bits per heavy atom. The van der Waals surface area contributed by atoms with Crippen LogP contribution in [-0.2, 0) is 4.79 Å². The van der Waals surface area contributed by atoms with E-state index in [1.807, 2.05) is 12.1 Å². The third kappa shape index (κ3) is 2.71. The fourth-order valence-electron chi connectivity index (χ4n) is 1.06. The number of carbonyl (C=O) groups excluding carboxylic acids is 1. The lowest BCUT2D eigenvalue weighted by molar-refractivity contribution is -0.131. The lowest BCUT2D eigenvalue weighted by Crippen LogP contribution is -2.06. The van der Waals surface area contributed by atoms with Crippen LogP contribution >= 0.6 is 0 Å². The van der Waals surface area contributed by atoms with Crippen molar-refractivity contribution < 1.29 is 9.53 Å². The zero-order chi connectivity index (χ0) is 10.6. The molecule has 0 amide bonds. The van der Waals surface area contributed by atoms with Crippen LogP contribution in [-0.4, -0.2) is 5.97 Å². The highest BCUT2D eigenvalue weighted by atomic mass is 16.5. The molecule has 0 aromatic heterocycles. The van der Waals surface area contributed by atoms with Crippen LogP contribution in [0.25, 0.3) is 0 Å². The van der Waals surface area contributed by atoms with Crippen molar-refractivity contribution in [3.8, 4) is 5.75 Å². The van der Waals surface area contributed by atoms with Crippen molar-refractivity contribution in [2.75, 3.05) is 0 Å². The predicted octanol–water partition coefficient (Wildman–Crippen LogP) is 1.80. The second-order valence-corrected chi connectivity index (χ2v) is 2.92. The minimum Gasteiger partial charge on any atom is -0.427 e. The lowest BCUT2D eigenvalue weighted by atomic mass is 10.1.